The van der Waals surface area contributed by atoms with E-state index in [1.54, 1.807) is 0 Å². The van der Waals surface area contributed by atoms with E-state index in [9.17, 15) is 124 Å². The monoisotopic (exact) mass is 1420 g/mol. The number of hydrogen-bond donors (Lipinski definition) is 24. The molecule has 3 saturated heterocycles. The van der Waals surface area contributed by atoms with E-state index in [0.29, 0.717) is 0 Å². The molecule has 43 nitrogen and oxygen atoms in total. The van der Waals surface area contributed by atoms with E-state index >= 15 is 0 Å². The number of likely N-dealkylation sites (tertiary alicyclic amines) is 1. The van der Waals surface area contributed by atoms with E-state index in [0.717, 1.165) is 52.8 Å². The topological polar surface area (TPSA) is 680 Å². The number of imidazole rings is 1. The minimum Gasteiger partial charge on any atom is -0.481 e. The number of nitrogens with one attached hydrogen (secondary N) is 11. The van der Waals surface area contributed by atoms with Crippen molar-refractivity contribution in [1.82, 2.24) is 68.0 Å². The number of carboxylic acids is 2. The number of ether oxygens (including phenoxy) is 4. The highest BCUT2D eigenvalue weighted by Crippen LogP contribution is 2.31. The second-order valence-corrected chi connectivity index (χ2v) is 23.6. The first-order chi connectivity index (χ1) is 46.5. The number of carbonyl (C=O) groups excluding carboxylic acids is 11. The maximum absolute atomic E-state index is 14.9. The molecule has 3 fully saturated rings. The van der Waals surface area contributed by atoms with Gasteiger partial charge in [-0.25, -0.2) is 4.98 Å². The summed E-state index contributed by atoms with van der Waals surface area (Å²) in [5.74, 6) is -15.9. The second-order valence-electron chi connectivity index (χ2n) is 23.6. The van der Waals surface area contributed by atoms with Crippen molar-refractivity contribution >= 4 is 76.9 Å². The highest BCUT2D eigenvalue weighted by atomic mass is 16.7. The van der Waals surface area contributed by atoms with Gasteiger partial charge in [0.2, 0.25) is 65.0 Å². The molecule has 0 saturated carbocycles. The van der Waals surface area contributed by atoms with Gasteiger partial charge in [0.15, 0.2) is 12.6 Å². The van der Waals surface area contributed by atoms with E-state index in [2.05, 4.69) is 63.1 Å². The van der Waals surface area contributed by atoms with Crippen LogP contribution in [0.3, 0.4) is 0 Å². The van der Waals surface area contributed by atoms with Gasteiger partial charge < -0.3 is 149 Å². The van der Waals surface area contributed by atoms with E-state index in [1.165, 1.54) is 6.20 Å². The van der Waals surface area contributed by atoms with Crippen LogP contribution in [-0.2, 0) is 87.7 Å². The van der Waals surface area contributed by atoms with Gasteiger partial charge in [-0.1, -0.05) is 0 Å². The van der Waals surface area contributed by atoms with Crippen molar-refractivity contribution in [3.63, 3.8) is 0 Å². The van der Waals surface area contributed by atoms with Gasteiger partial charge in [-0.3, -0.25) is 62.3 Å². The predicted molar refractivity (Wildman–Crippen MR) is 325 cm³/mol. The van der Waals surface area contributed by atoms with Gasteiger partial charge in [-0.2, -0.15) is 0 Å². The molecular weight excluding hydrogens is 1330 g/mol. The normalized spacial score (nSPS) is 25.8. The van der Waals surface area contributed by atoms with E-state index in [1.807, 2.05) is 0 Å². The summed E-state index contributed by atoms with van der Waals surface area (Å²) in [6, 6.07) is -20.4. The summed E-state index contributed by atoms with van der Waals surface area (Å²) in [5.41, 5.74) is 5.75. The van der Waals surface area contributed by atoms with Crippen LogP contribution in [-0.4, -0.2) is 333 Å². The van der Waals surface area contributed by atoms with Crippen molar-refractivity contribution in [2.45, 2.75) is 214 Å². The van der Waals surface area contributed by atoms with Gasteiger partial charge in [-0.05, 0) is 47.0 Å². The standard InChI is InChI=1S/C56H90N14O29/c1-20(75)36(57)51(92)63-27(9-10-34(80)81)46(87)67-38(22(3)77)53(94)68-37(21(2)76)52(93)66-29(15-71)48(89)64-28(12-26-13-58-19-60-26)47(88)65-30(16-72)49(90)69-39(54(95)70-11-7-8-31(70)50(91)59-14-35(82)83)23(4)96-56-41(62-25(6)79)45(43(85)33(18-74)98-56)99-55-40(61-24(5)78)44(86)42(84)32(17-73)97-55/h13,19-23,27-33,36-45,55-56,71-77,84-86H,7-12,14-18,57H2,1-6H3,(H,58,60)(H,59,91)(H,61,78)(H,62,79)(H,63,92)(H,64,89)(H,65,88)(H,66,93)(H,67,87)(H,68,94)(H,69,90)(H,80,81)(H,82,83)/t20-,21-,22-,23-,27+,28+,29+,30+,31+,32-,33-,36+,37+,38+,39+,40-,41-,42-,43+,44-,45-,55+,56+/m1/s1. The molecule has 99 heavy (non-hydrogen) atoms. The Hall–Kier alpha value is -8.28. The lowest BCUT2D eigenvalue weighted by Gasteiger charge is -2.48. The molecule has 11 amide bonds. The Morgan fingerprint density at radius 2 is 1.12 bits per heavy atom. The Labute approximate surface area is 563 Å². The minimum absolute atomic E-state index is 0.0543. The fourth-order valence-electron chi connectivity index (χ4n) is 10.5. The maximum atomic E-state index is 14.9. The molecule has 558 valence electrons. The zero-order valence-electron chi connectivity index (χ0n) is 54.5. The average molecular weight is 1420 g/mol. The van der Waals surface area contributed by atoms with Gasteiger partial charge in [0.25, 0.3) is 0 Å². The molecule has 25 N–H and O–H groups in total. The highest BCUT2D eigenvalue weighted by molar-refractivity contribution is 5.99. The Morgan fingerprint density at radius 3 is 1.65 bits per heavy atom. The summed E-state index contributed by atoms with van der Waals surface area (Å²) in [6.45, 7) is 0.658. The number of aliphatic hydroxyl groups is 10. The first-order valence-corrected chi connectivity index (χ1v) is 31.1. The zero-order valence-corrected chi connectivity index (χ0v) is 54.5. The molecule has 0 radical (unpaired) electrons. The summed E-state index contributed by atoms with van der Waals surface area (Å²) < 4.78 is 23.9. The molecule has 3 aliphatic heterocycles. The molecule has 4 rings (SSSR count). The molecule has 0 aliphatic carbocycles. The van der Waals surface area contributed by atoms with Crippen molar-refractivity contribution in [3.05, 3.63) is 18.2 Å². The van der Waals surface area contributed by atoms with Crippen LogP contribution >= 0.6 is 0 Å². The number of rotatable bonds is 37. The quantitative estimate of drug-likeness (QED) is 0.0294. The fraction of sp³-hybridized carbons (Fsp3) is 0.714. The molecule has 43 heteroatoms. The van der Waals surface area contributed by atoms with Crippen LogP contribution in [0.25, 0.3) is 0 Å². The molecule has 3 aliphatic rings. The maximum Gasteiger partial charge on any atom is 0.322 e. The number of carboxylic acid groups (broad SMARTS) is 2. The molecule has 1 aromatic heterocycles. The fourth-order valence-corrected chi connectivity index (χ4v) is 10.5. The van der Waals surface area contributed by atoms with Crippen LogP contribution in [0, 0.1) is 0 Å². The van der Waals surface area contributed by atoms with E-state index in [4.69, 9.17) is 24.7 Å². The lowest BCUT2D eigenvalue weighted by atomic mass is 9.94. The van der Waals surface area contributed by atoms with Crippen LogP contribution in [0.1, 0.15) is 72.9 Å². The number of nitrogens with two attached hydrogens (primary N) is 1. The summed E-state index contributed by atoms with van der Waals surface area (Å²) in [7, 11) is 0. The molecule has 4 heterocycles. The largest absolute Gasteiger partial charge is 0.481 e. The predicted octanol–water partition coefficient (Wildman–Crippen LogP) is -13.8. The summed E-state index contributed by atoms with van der Waals surface area (Å²) in [4.78, 5) is 180. The molecule has 0 bridgehead atoms. The van der Waals surface area contributed by atoms with Crippen LogP contribution in [0.4, 0.5) is 0 Å². The highest BCUT2D eigenvalue weighted by Gasteiger charge is 2.54. The third-order valence-electron chi connectivity index (χ3n) is 15.9. The number of nitrogens with zero attached hydrogens (tertiary/aromatic N) is 2. The number of amides is 11. The van der Waals surface area contributed by atoms with Crippen molar-refractivity contribution in [2.24, 2.45) is 5.73 Å². The van der Waals surface area contributed by atoms with Crippen molar-refractivity contribution in [1.29, 1.82) is 0 Å². The van der Waals surface area contributed by atoms with Gasteiger partial charge in [-0.15, -0.1) is 0 Å². The molecular formula is C56H90N14O29. The van der Waals surface area contributed by atoms with Gasteiger partial charge >= 0.3 is 11.9 Å². The second kappa shape index (κ2) is 38.9. The SMILES string of the molecule is CC(=O)N[C@H]1[C@H](O[C@H]2[C@@H](O)[C@@H](CO)O[C@H](O[C@H](C)[C@H](NC(=O)[C@H](CO)NC(=O)[C@H](Cc3cnc[nH]3)NC(=O)[C@H](CO)NC(=O)[C@@H](NC(=O)[C@@H](NC(=O)[C@H](CCC(=O)O)NC(=O)[C@@H](N)[C@@H](C)O)[C@@H](C)O)[C@@H](C)O)C(=O)N3CCC[C@H]3C(=O)NCC(=O)O)[C@@H]2NC(C)=O)O[C@H](CO)[C@@H](O)[C@@H]1O. The van der Waals surface area contributed by atoms with E-state index < -0.39 is 269 Å². The number of hydrogen-bond acceptors (Lipinski definition) is 29. The minimum atomic E-state index is -2.12. The van der Waals surface area contributed by atoms with Crippen LogP contribution < -0.4 is 58.9 Å². The summed E-state index contributed by atoms with van der Waals surface area (Å²) in [5, 5.41) is 147. The third-order valence-corrected chi connectivity index (χ3v) is 15.9. The number of H-pyrrole nitrogens is 1. The van der Waals surface area contributed by atoms with Crippen molar-refractivity contribution in [3.8, 4) is 0 Å². The van der Waals surface area contributed by atoms with Gasteiger partial charge in [0.05, 0.1) is 57.2 Å². The molecule has 23 atom stereocenters. The van der Waals surface area contributed by atoms with Crippen LogP contribution in [0.5, 0.6) is 0 Å². The number of aliphatic hydroxyl groups excluding tert-OH is 10. The third kappa shape index (κ3) is 23.7. The van der Waals surface area contributed by atoms with Gasteiger partial charge in [0, 0.05) is 45.1 Å². The van der Waals surface area contributed by atoms with Gasteiger partial charge in [0.1, 0.15) is 110 Å². The number of aromatic amines is 1. The lowest BCUT2D eigenvalue weighted by molar-refractivity contribution is -0.332. The number of aliphatic carboxylic acids is 2. The van der Waals surface area contributed by atoms with Crippen molar-refractivity contribution in [2.75, 3.05) is 39.5 Å². The molecule has 0 aromatic carbocycles. The first kappa shape index (κ1) is 83.1. The Balaban J connectivity index is 1.65. The zero-order chi connectivity index (χ0) is 74.4. The van der Waals surface area contributed by atoms with Crippen LogP contribution in [0.15, 0.2) is 12.5 Å². The molecule has 0 unspecified atom stereocenters. The number of carbonyl (C=O) groups is 13. The van der Waals surface area contributed by atoms with Crippen LogP contribution in [0.2, 0.25) is 0 Å². The smallest absolute Gasteiger partial charge is 0.322 e. The number of aromatic nitrogens is 2. The summed E-state index contributed by atoms with van der Waals surface area (Å²) in [6.07, 6.45) is -21.0. The first-order valence-electron chi connectivity index (χ1n) is 31.1. The lowest BCUT2D eigenvalue weighted by Crippen LogP contribution is -2.70. The Bertz CT molecular complexity index is 2950. The summed E-state index contributed by atoms with van der Waals surface area (Å²) >= 11 is 0. The average Bonchev–Trinajstić information content (AvgIpc) is 1.56. The van der Waals surface area contributed by atoms with E-state index in [-0.39, 0.29) is 25.1 Å². The Kier molecular flexibility index (Phi) is 32.7. The molecule has 1 aromatic rings. The Morgan fingerprint density at radius 1 is 0.626 bits per heavy atom. The molecule has 0 spiro atoms. The van der Waals surface area contributed by atoms with Crippen molar-refractivity contribution < 1.29 is 143 Å².